The van der Waals surface area contributed by atoms with Crippen LogP contribution >= 0.6 is 0 Å². The maximum absolute atomic E-state index is 12.1. The Balaban J connectivity index is 2.04. The minimum Gasteiger partial charge on any atom is -0.507 e. The summed E-state index contributed by atoms with van der Waals surface area (Å²) in [6, 6.07) is 13.6. The molecule has 0 aliphatic carbocycles. The third-order valence-electron chi connectivity index (χ3n) is 2.80. The van der Waals surface area contributed by atoms with Gasteiger partial charge in [0.1, 0.15) is 18.1 Å². The number of anilines is 1. The molecule has 2 aromatic rings. The molecule has 0 bridgehead atoms. The van der Waals surface area contributed by atoms with Gasteiger partial charge < -0.3 is 19.9 Å². The van der Waals surface area contributed by atoms with E-state index in [1.165, 1.54) is 12.1 Å². The van der Waals surface area contributed by atoms with Gasteiger partial charge in [0.25, 0.3) is 5.91 Å². The zero-order valence-corrected chi connectivity index (χ0v) is 11.7. The summed E-state index contributed by atoms with van der Waals surface area (Å²) in [5, 5.41) is 12.6. The fourth-order valence-corrected chi connectivity index (χ4v) is 1.76. The lowest BCUT2D eigenvalue weighted by atomic mass is 10.1. The van der Waals surface area contributed by atoms with E-state index >= 15 is 0 Å². The van der Waals surface area contributed by atoms with Crippen molar-refractivity contribution in [2.45, 2.75) is 0 Å². The number of hydrogen-bond donors (Lipinski definition) is 2. The van der Waals surface area contributed by atoms with Crippen molar-refractivity contribution in [2.24, 2.45) is 0 Å². The number of hydrogen-bond acceptors (Lipinski definition) is 4. The zero-order chi connectivity index (χ0) is 15.1. The molecule has 110 valence electrons. The molecule has 0 aliphatic heterocycles. The van der Waals surface area contributed by atoms with E-state index in [0.29, 0.717) is 24.7 Å². The summed E-state index contributed by atoms with van der Waals surface area (Å²) in [7, 11) is 1.58. The van der Waals surface area contributed by atoms with Gasteiger partial charge in [0.2, 0.25) is 0 Å². The largest absolute Gasteiger partial charge is 0.507 e. The van der Waals surface area contributed by atoms with E-state index in [9.17, 15) is 9.90 Å². The number of phenolic OH excluding ortho intramolecular Hbond substituents is 1. The molecular formula is C16H17NO4. The number of aromatic hydroxyl groups is 1. The van der Waals surface area contributed by atoms with Crippen LogP contribution in [0.3, 0.4) is 0 Å². The third kappa shape index (κ3) is 4.22. The molecule has 5 heteroatoms. The molecule has 0 unspecified atom stereocenters. The van der Waals surface area contributed by atoms with Gasteiger partial charge in [-0.05, 0) is 24.3 Å². The molecule has 2 rings (SSSR count). The van der Waals surface area contributed by atoms with Crippen molar-refractivity contribution in [2.75, 3.05) is 25.6 Å². The normalized spacial score (nSPS) is 10.1. The van der Waals surface area contributed by atoms with Gasteiger partial charge in [0.15, 0.2) is 0 Å². The molecule has 0 fully saturated rings. The molecule has 0 saturated heterocycles. The van der Waals surface area contributed by atoms with Crippen molar-refractivity contribution in [3.63, 3.8) is 0 Å². The van der Waals surface area contributed by atoms with Crippen molar-refractivity contribution in [3.05, 3.63) is 54.1 Å². The van der Waals surface area contributed by atoms with Gasteiger partial charge in [-0.1, -0.05) is 18.2 Å². The number of ether oxygens (including phenoxy) is 2. The van der Waals surface area contributed by atoms with Crippen molar-refractivity contribution in [1.82, 2.24) is 0 Å². The van der Waals surface area contributed by atoms with E-state index in [0.717, 1.165) is 0 Å². The molecule has 0 atom stereocenters. The first-order chi connectivity index (χ1) is 10.2. The van der Waals surface area contributed by atoms with Crippen LogP contribution < -0.4 is 10.1 Å². The number of rotatable bonds is 6. The second-order valence-corrected chi connectivity index (χ2v) is 4.34. The highest BCUT2D eigenvalue weighted by Gasteiger charge is 2.12. The van der Waals surface area contributed by atoms with E-state index in [1.54, 1.807) is 25.3 Å². The summed E-state index contributed by atoms with van der Waals surface area (Å²) in [6.45, 7) is 0.836. The maximum Gasteiger partial charge on any atom is 0.259 e. The van der Waals surface area contributed by atoms with Crippen LogP contribution in [0.15, 0.2) is 48.5 Å². The topological polar surface area (TPSA) is 67.8 Å². The Morgan fingerprint density at radius 3 is 2.57 bits per heavy atom. The molecule has 0 heterocycles. The number of carbonyl (C=O) groups is 1. The van der Waals surface area contributed by atoms with Crippen LogP contribution in [0.5, 0.6) is 11.5 Å². The van der Waals surface area contributed by atoms with Crippen LogP contribution in [-0.2, 0) is 4.74 Å². The van der Waals surface area contributed by atoms with Crippen molar-refractivity contribution in [3.8, 4) is 11.5 Å². The monoisotopic (exact) mass is 287 g/mol. The minimum atomic E-state index is -0.373. The van der Waals surface area contributed by atoms with Crippen molar-refractivity contribution in [1.29, 1.82) is 0 Å². The average molecular weight is 287 g/mol. The molecule has 0 radical (unpaired) electrons. The molecule has 1 amide bonds. The van der Waals surface area contributed by atoms with Gasteiger partial charge in [0, 0.05) is 18.9 Å². The third-order valence-corrected chi connectivity index (χ3v) is 2.80. The van der Waals surface area contributed by atoms with E-state index in [4.69, 9.17) is 9.47 Å². The number of phenols is 1. The number of carbonyl (C=O) groups excluding carboxylic acids is 1. The van der Waals surface area contributed by atoms with Gasteiger partial charge in [-0.15, -0.1) is 0 Å². The fraction of sp³-hybridized carbons (Fsp3) is 0.188. The second kappa shape index (κ2) is 7.31. The smallest absolute Gasteiger partial charge is 0.259 e. The summed E-state index contributed by atoms with van der Waals surface area (Å²) in [5.74, 6) is -0.0127. The van der Waals surface area contributed by atoms with E-state index in [-0.39, 0.29) is 17.2 Å². The van der Waals surface area contributed by atoms with Gasteiger partial charge in [0.05, 0.1) is 12.2 Å². The Bertz CT molecular complexity index is 598. The van der Waals surface area contributed by atoms with Crippen molar-refractivity contribution < 1.29 is 19.4 Å². The predicted octanol–water partition coefficient (Wildman–Crippen LogP) is 2.67. The summed E-state index contributed by atoms with van der Waals surface area (Å²) in [4.78, 5) is 12.1. The number of benzene rings is 2. The number of para-hydroxylation sites is 1. The Morgan fingerprint density at radius 2 is 1.90 bits per heavy atom. The zero-order valence-electron chi connectivity index (χ0n) is 11.7. The fourth-order valence-electron chi connectivity index (χ4n) is 1.76. The molecule has 2 aromatic carbocycles. The first-order valence-corrected chi connectivity index (χ1v) is 6.52. The van der Waals surface area contributed by atoms with Crippen LogP contribution in [0.2, 0.25) is 0 Å². The second-order valence-electron chi connectivity index (χ2n) is 4.34. The first kappa shape index (κ1) is 14.9. The molecule has 0 aromatic heterocycles. The van der Waals surface area contributed by atoms with Crippen molar-refractivity contribution >= 4 is 11.6 Å². The predicted molar refractivity (Wildman–Crippen MR) is 79.9 cm³/mol. The van der Waals surface area contributed by atoms with Gasteiger partial charge in [-0.3, -0.25) is 4.79 Å². The Labute approximate surface area is 123 Å². The highest BCUT2D eigenvalue weighted by Crippen LogP contribution is 2.24. The molecule has 0 spiro atoms. The average Bonchev–Trinajstić information content (AvgIpc) is 2.48. The van der Waals surface area contributed by atoms with Gasteiger partial charge >= 0.3 is 0 Å². The van der Waals surface area contributed by atoms with Crippen LogP contribution in [-0.4, -0.2) is 31.3 Å². The van der Waals surface area contributed by atoms with Gasteiger partial charge in [-0.25, -0.2) is 0 Å². The van der Waals surface area contributed by atoms with Crippen LogP contribution in [0.1, 0.15) is 10.4 Å². The maximum atomic E-state index is 12.1. The Hall–Kier alpha value is -2.53. The number of methoxy groups -OCH3 is 1. The number of nitrogens with one attached hydrogen (secondary N) is 1. The summed E-state index contributed by atoms with van der Waals surface area (Å²) < 4.78 is 10.2. The standard InChI is InChI=1S/C16H17NO4/c1-20-9-10-21-13-7-8-14(15(18)11-13)16(19)17-12-5-3-2-4-6-12/h2-8,11,18H,9-10H2,1H3,(H,17,19). The quantitative estimate of drug-likeness (QED) is 0.802. The lowest BCUT2D eigenvalue weighted by molar-refractivity contribution is 0.102. The van der Waals surface area contributed by atoms with E-state index in [1.807, 2.05) is 18.2 Å². The van der Waals surface area contributed by atoms with E-state index < -0.39 is 0 Å². The molecule has 21 heavy (non-hydrogen) atoms. The highest BCUT2D eigenvalue weighted by molar-refractivity contribution is 6.06. The minimum absolute atomic E-state index is 0.127. The molecule has 0 saturated carbocycles. The lowest BCUT2D eigenvalue weighted by Crippen LogP contribution is -2.12. The lowest BCUT2D eigenvalue weighted by Gasteiger charge is -2.09. The summed E-state index contributed by atoms with van der Waals surface area (Å²) in [5.41, 5.74) is 0.861. The molecule has 2 N–H and O–H groups in total. The summed E-state index contributed by atoms with van der Waals surface area (Å²) >= 11 is 0. The van der Waals surface area contributed by atoms with Crippen LogP contribution in [0.25, 0.3) is 0 Å². The van der Waals surface area contributed by atoms with E-state index in [2.05, 4.69) is 5.32 Å². The Kier molecular flexibility index (Phi) is 5.17. The molecule has 5 nitrogen and oxygen atoms in total. The Morgan fingerprint density at radius 1 is 1.14 bits per heavy atom. The molecular weight excluding hydrogens is 270 g/mol. The number of amides is 1. The van der Waals surface area contributed by atoms with Crippen LogP contribution in [0, 0.1) is 0 Å². The first-order valence-electron chi connectivity index (χ1n) is 6.52. The van der Waals surface area contributed by atoms with Crippen LogP contribution in [0.4, 0.5) is 5.69 Å². The summed E-state index contributed by atoms with van der Waals surface area (Å²) in [6.07, 6.45) is 0. The van der Waals surface area contributed by atoms with Gasteiger partial charge in [-0.2, -0.15) is 0 Å². The molecule has 0 aliphatic rings. The SMILES string of the molecule is COCCOc1ccc(C(=O)Nc2ccccc2)c(O)c1. The highest BCUT2D eigenvalue weighted by atomic mass is 16.5.